The van der Waals surface area contributed by atoms with Crippen LogP contribution in [0.15, 0.2) is 95.9 Å². The lowest BCUT2D eigenvalue weighted by Crippen LogP contribution is -2.65. The van der Waals surface area contributed by atoms with Crippen LogP contribution in [0, 0.1) is 0 Å². The Kier molecular flexibility index (Phi) is 7.81. The van der Waals surface area contributed by atoms with Gasteiger partial charge in [0.1, 0.15) is 24.5 Å². The van der Waals surface area contributed by atoms with E-state index in [2.05, 4.69) is 5.32 Å². The third-order valence-corrected chi connectivity index (χ3v) is 7.38. The second-order valence-corrected chi connectivity index (χ2v) is 9.88. The van der Waals surface area contributed by atoms with E-state index in [1.54, 1.807) is 11.8 Å². The van der Waals surface area contributed by atoms with E-state index in [9.17, 15) is 4.79 Å². The van der Waals surface area contributed by atoms with Crippen molar-refractivity contribution in [1.82, 2.24) is 5.32 Å². The molecule has 35 heavy (non-hydrogen) atoms. The molecule has 182 valence electrons. The molecule has 0 spiro atoms. The minimum Gasteiger partial charge on any atom is -0.369 e. The molecule has 2 aliphatic heterocycles. The van der Waals surface area contributed by atoms with Gasteiger partial charge in [0.2, 0.25) is 5.91 Å². The average Bonchev–Trinajstić information content (AvgIpc) is 2.89. The van der Waals surface area contributed by atoms with Crippen LogP contribution in [0.1, 0.15) is 24.3 Å². The molecular weight excluding hydrogens is 462 g/mol. The largest absolute Gasteiger partial charge is 0.369 e. The molecule has 0 aromatic heterocycles. The fourth-order valence-corrected chi connectivity index (χ4v) is 5.67. The molecule has 0 saturated carbocycles. The van der Waals surface area contributed by atoms with Gasteiger partial charge >= 0.3 is 0 Å². The van der Waals surface area contributed by atoms with Crippen molar-refractivity contribution in [2.24, 2.45) is 0 Å². The third kappa shape index (κ3) is 5.94. The molecule has 1 unspecified atom stereocenters. The molecule has 3 aromatic rings. The molecule has 2 aliphatic rings. The summed E-state index contributed by atoms with van der Waals surface area (Å²) in [6, 6.07) is 30.0. The number of thioether (sulfide) groups is 1. The first-order valence-corrected chi connectivity index (χ1v) is 12.7. The highest BCUT2D eigenvalue weighted by atomic mass is 32.2. The van der Waals surface area contributed by atoms with E-state index < -0.39 is 12.5 Å². The van der Waals surface area contributed by atoms with Crippen molar-refractivity contribution < 1.29 is 23.7 Å². The molecule has 5 rings (SSSR count). The average molecular weight is 492 g/mol. The molecule has 6 nitrogen and oxygen atoms in total. The van der Waals surface area contributed by atoms with Gasteiger partial charge in [-0.05, 0) is 17.7 Å². The molecule has 2 heterocycles. The molecule has 1 amide bonds. The third-order valence-electron chi connectivity index (χ3n) is 6.04. The van der Waals surface area contributed by atoms with Crippen LogP contribution >= 0.6 is 11.8 Å². The summed E-state index contributed by atoms with van der Waals surface area (Å²) in [6.45, 7) is 2.26. The molecule has 2 saturated heterocycles. The van der Waals surface area contributed by atoms with Gasteiger partial charge in [0.25, 0.3) is 0 Å². The minimum absolute atomic E-state index is 0.159. The summed E-state index contributed by atoms with van der Waals surface area (Å²) >= 11 is 1.63. The highest BCUT2D eigenvalue weighted by Gasteiger charge is 2.51. The lowest BCUT2D eigenvalue weighted by molar-refractivity contribution is -0.315. The first kappa shape index (κ1) is 24.0. The highest BCUT2D eigenvalue weighted by molar-refractivity contribution is 8.00. The van der Waals surface area contributed by atoms with Crippen molar-refractivity contribution in [1.29, 1.82) is 0 Å². The number of hydrogen-bond donors (Lipinski definition) is 1. The van der Waals surface area contributed by atoms with Crippen molar-refractivity contribution in [3.63, 3.8) is 0 Å². The zero-order valence-corrected chi connectivity index (χ0v) is 20.3. The van der Waals surface area contributed by atoms with Crippen molar-refractivity contribution in [3.05, 3.63) is 102 Å². The van der Waals surface area contributed by atoms with Gasteiger partial charge in [-0.3, -0.25) is 4.79 Å². The van der Waals surface area contributed by atoms with E-state index >= 15 is 0 Å². The van der Waals surface area contributed by atoms with E-state index in [0.29, 0.717) is 13.2 Å². The van der Waals surface area contributed by atoms with Crippen LogP contribution in [0.2, 0.25) is 0 Å². The first-order valence-electron chi connectivity index (χ1n) is 11.8. The number of rotatable bonds is 7. The highest BCUT2D eigenvalue weighted by Crippen LogP contribution is 2.41. The molecule has 0 bridgehead atoms. The predicted molar refractivity (Wildman–Crippen MR) is 134 cm³/mol. The molecule has 0 radical (unpaired) electrons. The summed E-state index contributed by atoms with van der Waals surface area (Å²) < 4.78 is 25.5. The van der Waals surface area contributed by atoms with E-state index in [0.717, 1.165) is 16.0 Å². The van der Waals surface area contributed by atoms with Gasteiger partial charge in [0, 0.05) is 17.4 Å². The normalized spacial score (nSPS) is 28.1. The number of carbonyl (C=O) groups is 1. The monoisotopic (exact) mass is 491 g/mol. The number of nitrogens with one attached hydrogen (secondary N) is 1. The smallest absolute Gasteiger partial charge is 0.218 e. The van der Waals surface area contributed by atoms with Crippen molar-refractivity contribution in [2.75, 3.05) is 6.61 Å². The van der Waals surface area contributed by atoms with Gasteiger partial charge in [-0.25, -0.2) is 0 Å². The molecule has 2 fully saturated rings. The van der Waals surface area contributed by atoms with Crippen molar-refractivity contribution >= 4 is 17.7 Å². The Balaban J connectivity index is 1.45. The fraction of sp³-hybridized carbons (Fsp3) is 0.321. The predicted octanol–water partition coefficient (Wildman–Crippen LogP) is 4.71. The Hall–Kier alpha value is -2.68. The fourth-order valence-electron chi connectivity index (χ4n) is 4.42. The van der Waals surface area contributed by atoms with Gasteiger partial charge < -0.3 is 24.3 Å². The zero-order chi connectivity index (χ0) is 24.0. The Bertz CT molecular complexity index is 1080. The summed E-state index contributed by atoms with van der Waals surface area (Å²) in [4.78, 5) is 13.2. The van der Waals surface area contributed by atoms with Gasteiger partial charge in [-0.2, -0.15) is 0 Å². The van der Waals surface area contributed by atoms with E-state index in [-0.39, 0.29) is 29.5 Å². The minimum atomic E-state index is -0.555. The molecule has 0 aliphatic carbocycles. The molecule has 6 atom stereocenters. The van der Waals surface area contributed by atoms with Crippen molar-refractivity contribution in [3.8, 4) is 0 Å². The van der Waals surface area contributed by atoms with E-state index in [4.69, 9.17) is 18.9 Å². The van der Waals surface area contributed by atoms with Crippen LogP contribution in [0.25, 0.3) is 0 Å². The number of hydrogen-bond acceptors (Lipinski definition) is 6. The number of amides is 1. The SMILES string of the molecule is CC(=O)N[C@@H]1O[C@@H]2COC(c3ccccc3)O[C@H]2[C@H](OCc2ccccc2)[C@@H]1Sc1ccccc1. The summed E-state index contributed by atoms with van der Waals surface area (Å²) in [5, 5.41) is 2.75. The molecule has 7 heteroatoms. The maximum atomic E-state index is 12.1. The van der Waals surface area contributed by atoms with Crippen molar-refractivity contribution in [2.45, 2.75) is 54.5 Å². The zero-order valence-electron chi connectivity index (χ0n) is 19.5. The van der Waals surface area contributed by atoms with Crippen LogP contribution in [-0.4, -0.2) is 42.3 Å². The summed E-state index contributed by atoms with van der Waals surface area (Å²) in [6.07, 6.45) is -2.17. The molecule has 3 aromatic carbocycles. The lowest BCUT2D eigenvalue weighted by atomic mass is 9.98. The maximum Gasteiger partial charge on any atom is 0.218 e. The quantitative estimate of drug-likeness (QED) is 0.517. The maximum absolute atomic E-state index is 12.1. The number of benzene rings is 3. The van der Waals surface area contributed by atoms with Crippen LogP contribution in [-0.2, 0) is 30.3 Å². The van der Waals surface area contributed by atoms with Crippen LogP contribution in [0.4, 0.5) is 0 Å². The molecule has 1 N–H and O–H groups in total. The summed E-state index contributed by atoms with van der Waals surface area (Å²) in [5.74, 6) is -0.159. The summed E-state index contributed by atoms with van der Waals surface area (Å²) in [5.41, 5.74) is 2.02. The summed E-state index contributed by atoms with van der Waals surface area (Å²) in [7, 11) is 0. The second kappa shape index (κ2) is 11.4. The Morgan fingerprint density at radius 2 is 1.60 bits per heavy atom. The van der Waals surface area contributed by atoms with Gasteiger partial charge in [-0.1, -0.05) is 78.9 Å². The van der Waals surface area contributed by atoms with Gasteiger partial charge in [0.05, 0.1) is 18.5 Å². The van der Waals surface area contributed by atoms with Crippen LogP contribution in [0.5, 0.6) is 0 Å². The van der Waals surface area contributed by atoms with E-state index in [1.165, 1.54) is 6.92 Å². The van der Waals surface area contributed by atoms with Gasteiger partial charge in [0.15, 0.2) is 6.29 Å². The second-order valence-electron chi connectivity index (χ2n) is 8.63. The van der Waals surface area contributed by atoms with E-state index in [1.807, 2.05) is 91.0 Å². The topological polar surface area (TPSA) is 66.0 Å². The Morgan fingerprint density at radius 1 is 0.943 bits per heavy atom. The van der Waals surface area contributed by atoms with Gasteiger partial charge in [-0.15, -0.1) is 11.8 Å². The standard InChI is InChI=1S/C28H29NO5S/c1-19(30)29-27-26(35-22-15-9-4-10-16-22)25(31-17-20-11-5-2-6-12-20)24-23(33-27)18-32-28(34-24)21-13-7-3-8-14-21/h2-16,23-28H,17-18H2,1H3,(H,29,30)/t23-,24-,25+,26+,27-,28?/m1/s1. The number of ether oxygens (including phenoxy) is 4. The molecular formula is C28H29NO5S. The van der Waals surface area contributed by atoms with Crippen LogP contribution in [0.3, 0.4) is 0 Å². The number of fused-ring (bicyclic) bond motifs is 1. The number of carbonyl (C=O) groups excluding carboxylic acids is 1. The first-order chi connectivity index (χ1) is 17.2. The van der Waals surface area contributed by atoms with Crippen LogP contribution < -0.4 is 5.32 Å². The Morgan fingerprint density at radius 3 is 2.29 bits per heavy atom. The lowest BCUT2D eigenvalue weighted by Gasteiger charge is -2.49. The Labute approximate surface area is 209 Å².